The summed E-state index contributed by atoms with van der Waals surface area (Å²) >= 11 is 0. The smallest absolute Gasteiger partial charge is 0.303 e. The topological polar surface area (TPSA) is 57.6 Å². The van der Waals surface area contributed by atoms with Crippen molar-refractivity contribution in [2.45, 2.75) is 38.5 Å². The van der Waals surface area contributed by atoms with Gasteiger partial charge in [0.05, 0.1) is 6.42 Å². The van der Waals surface area contributed by atoms with Gasteiger partial charge in [-0.15, -0.1) is 0 Å². The molecule has 1 rings (SSSR count). The van der Waals surface area contributed by atoms with Crippen LogP contribution in [0.2, 0.25) is 0 Å². The fourth-order valence-electron chi connectivity index (χ4n) is 2.09. The average Bonchev–Trinajstić information content (AvgIpc) is 2.66. The van der Waals surface area contributed by atoms with Crippen LogP contribution < -0.4 is 0 Å². The third kappa shape index (κ3) is 4.32. The van der Waals surface area contributed by atoms with E-state index in [4.69, 9.17) is 5.11 Å². The second-order valence-corrected chi connectivity index (χ2v) is 4.32. The van der Waals surface area contributed by atoms with Crippen molar-refractivity contribution in [3.63, 3.8) is 0 Å². The minimum Gasteiger partial charge on any atom is -0.481 e. The first-order valence-electron chi connectivity index (χ1n) is 5.55. The standard InChI is InChI=1S/C11H19NO3/c1-12(8-9-4-2-3-5-9)10(13)6-7-11(14)15/h9H,2-8H2,1H3,(H,14,15). The first-order valence-corrected chi connectivity index (χ1v) is 5.55. The number of rotatable bonds is 5. The summed E-state index contributed by atoms with van der Waals surface area (Å²) in [6.45, 7) is 0.790. The van der Waals surface area contributed by atoms with E-state index in [0.717, 1.165) is 6.54 Å². The van der Waals surface area contributed by atoms with Gasteiger partial charge in [-0.25, -0.2) is 0 Å². The van der Waals surface area contributed by atoms with Gasteiger partial charge < -0.3 is 10.0 Å². The molecule has 0 atom stereocenters. The summed E-state index contributed by atoms with van der Waals surface area (Å²) in [5.41, 5.74) is 0. The molecule has 0 heterocycles. The quantitative estimate of drug-likeness (QED) is 0.753. The van der Waals surface area contributed by atoms with Crippen molar-refractivity contribution in [2.24, 2.45) is 5.92 Å². The molecule has 1 saturated carbocycles. The van der Waals surface area contributed by atoms with E-state index in [1.165, 1.54) is 25.7 Å². The van der Waals surface area contributed by atoms with Crippen LogP contribution in [0.5, 0.6) is 0 Å². The molecule has 1 fully saturated rings. The van der Waals surface area contributed by atoms with Crippen LogP contribution in [0.3, 0.4) is 0 Å². The average molecular weight is 213 g/mol. The Morgan fingerprint density at radius 3 is 2.40 bits per heavy atom. The van der Waals surface area contributed by atoms with Gasteiger partial charge in [-0.1, -0.05) is 12.8 Å². The molecule has 4 heteroatoms. The van der Waals surface area contributed by atoms with Crippen LogP contribution in [0.15, 0.2) is 0 Å². The highest BCUT2D eigenvalue weighted by Gasteiger charge is 2.19. The molecule has 0 aromatic heterocycles. The third-order valence-electron chi connectivity index (χ3n) is 2.99. The van der Waals surface area contributed by atoms with E-state index in [1.807, 2.05) is 0 Å². The maximum atomic E-state index is 11.5. The molecule has 1 aliphatic carbocycles. The van der Waals surface area contributed by atoms with Crippen molar-refractivity contribution in [2.75, 3.05) is 13.6 Å². The van der Waals surface area contributed by atoms with E-state index in [2.05, 4.69) is 0 Å². The molecule has 86 valence electrons. The van der Waals surface area contributed by atoms with Crippen LogP contribution in [0.4, 0.5) is 0 Å². The minimum absolute atomic E-state index is 0.0516. The molecule has 1 N–H and O–H groups in total. The molecule has 0 bridgehead atoms. The van der Waals surface area contributed by atoms with Gasteiger partial charge in [0, 0.05) is 20.0 Å². The second kappa shape index (κ2) is 5.73. The van der Waals surface area contributed by atoms with Crippen molar-refractivity contribution in [3.05, 3.63) is 0 Å². The molecule has 0 aliphatic heterocycles. The molecule has 0 aromatic rings. The lowest BCUT2D eigenvalue weighted by atomic mass is 10.1. The lowest BCUT2D eigenvalue weighted by Gasteiger charge is -2.20. The molecule has 1 amide bonds. The Morgan fingerprint density at radius 1 is 1.27 bits per heavy atom. The van der Waals surface area contributed by atoms with Gasteiger partial charge in [-0.2, -0.15) is 0 Å². The number of aliphatic carboxylic acids is 1. The number of carboxylic acids is 1. The molecule has 4 nitrogen and oxygen atoms in total. The van der Waals surface area contributed by atoms with E-state index in [1.54, 1.807) is 11.9 Å². The Labute approximate surface area is 90.3 Å². The summed E-state index contributed by atoms with van der Waals surface area (Å²) in [7, 11) is 1.77. The van der Waals surface area contributed by atoms with Crippen LogP contribution in [-0.2, 0) is 9.59 Å². The second-order valence-electron chi connectivity index (χ2n) is 4.32. The summed E-state index contributed by atoms with van der Waals surface area (Å²) in [4.78, 5) is 23.5. The highest BCUT2D eigenvalue weighted by Crippen LogP contribution is 2.25. The highest BCUT2D eigenvalue weighted by atomic mass is 16.4. The summed E-state index contributed by atoms with van der Waals surface area (Å²) in [5, 5.41) is 8.46. The Balaban J connectivity index is 2.22. The molecule has 1 aliphatic rings. The molecule has 0 radical (unpaired) electrons. The van der Waals surface area contributed by atoms with E-state index in [0.29, 0.717) is 5.92 Å². The van der Waals surface area contributed by atoms with Crippen LogP contribution in [0.25, 0.3) is 0 Å². The Hall–Kier alpha value is -1.06. The number of nitrogens with zero attached hydrogens (tertiary/aromatic N) is 1. The van der Waals surface area contributed by atoms with Gasteiger partial charge in [0.25, 0.3) is 0 Å². The Bertz CT molecular complexity index is 234. The van der Waals surface area contributed by atoms with Gasteiger partial charge in [-0.3, -0.25) is 9.59 Å². The number of carboxylic acid groups (broad SMARTS) is 1. The maximum absolute atomic E-state index is 11.5. The number of hydrogen-bond acceptors (Lipinski definition) is 2. The largest absolute Gasteiger partial charge is 0.481 e. The Kier molecular flexibility index (Phi) is 4.59. The van der Waals surface area contributed by atoms with Gasteiger partial charge in [-0.05, 0) is 18.8 Å². The normalized spacial score (nSPS) is 16.6. The summed E-state index contributed by atoms with van der Waals surface area (Å²) in [6.07, 6.45) is 5.00. The maximum Gasteiger partial charge on any atom is 0.303 e. The van der Waals surface area contributed by atoms with E-state index in [-0.39, 0.29) is 18.7 Å². The number of carbonyl (C=O) groups is 2. The predicted octanol–water partition coefficient (Wildman–Crippen LogP) is 1.50. The van der Waals surface area contributed by atoms with Crippen LogP contribution in [0.1, 0.15) is 38.5 Å². The Morgan fingerprint density at radius 2 is 1.87 bits per heavy atom. The molecule has 0 aromatic carbocycles. The third-order valence-corrected chi connectivity index (χ3v) is 2.99. The summed E-state index contributed by atoms with van der Waals surface area (Å²) in [6, 6.07) is 0. The summed E-state index contributed by atoms with van der Waals surface area (Å²) in [5.74, 6) is -0.328. The SMILES string of the molecule is CN(CC1CCCC1)C(=O)CCC(=O)O. The van der Waals surface area contributed by atoms with Crippen LogP contribution in [-0.4, -0.2) is 35.5 Å². The van der Waals surface area contributed by atoms with Crippen molar-refractivity contribution in [1.29, 1.82) is 0 Å². The number of hydrogen-bond donors (Lipinski definition) is 1. The fraction of sp³-hybridized carbons (Fsp3) is 0.818. The van der Waals surface area contributed by atoms with Gasteiger partial charge in [0.2, 0.25) is 5.91 Å². The van der Waals surface area contributed by atoms with E-state index < -0.39 is 5.97 Å². The highest BCUT2D eigenvalue weighted by molar-refractivity contribution is 5.80. The monoisotopic (exact) mass is 213 g/mol. The zero-order valence-electron chi connectivity index (χ0n) is 9.24. The first-order chi connectivity index (χ1) is 7.09. The predicted molar refractivity (Wildman–Crippen MR) is 56.5 cm³/mol. The zero-order valence-corrected chi connectivity index (χ0v) is 9.24. The zero-order chi connectivity index (χ0) is 11.3. The van der Waals surface area contributed by atoms with Gasteiger partial charge in [0.1, 0.15) is 0 Å². The summed E-state index contributed by atoms with van der Waals surface area (Å²) < 4.78 is 0. The van der Waals surface area contributed by atoms with Crippen molar-refractivity contribution < 1.29 is 14.7 Å². The number of carbonyl (C=O) groups excluding carboxylic acids is 1. The van der Waals surface area contributed by atoms with Crippen LogP contribution >= 0.6 is 0 Å². The lowest BCUT2D eigenvalue weighted by molar-refractivity contribution is -0.140. The van der Waals surface area contributed by atoms with Crippen LogP contribution in [0, 0.1) is 5.92 Å². The molecular formula is C11H19NO3. The minimum atomic E-state index is -0.905. The molecule has 15 heavy (non-hydrogen) atoms. The molecule has 0 saturated heterocycles. The molecular weight excluding hydrogens is 194 g/mol. The van der Waals surface area contributed by atoms with Crippen molar-refractivity contribution >= 4 is 11.9 Å². The van der Waals surface area contributed by atoms with Crippen molar-refractivity contribution in [3.8, 4) is 0 Å². The first kappa shape index (κ1) is 12.0. The fourth-order valence-corrected chi connectivity index (χ4v) is 2.09. The lowest BCUT2D eigenvalue weighted by Crippen LogP contribution is -2.31. The van der Waals surface area contributed by atoms with E-state index in [9.17, 15) is 9.59 Å². The number of amides is 1. The van der Waals surface area contributed by atoms with Gasteiger partial charge >= 0.3 is 5.97 Å². The van der Waals surface area contributed by atoms with E-state index >= 15 is 0 Å². The van der Waals surface area contributed by atoms with Gasteiger partial charge in [0.15, 0.2) is 0 Å². The molecule has 0 unspecified atom stereocenters. The molecule has 0 spiro atoms. The van der Waals surface area contributed by atoms with Crippen molar-refractivity contribution in [1.82, 2.24) is 4.90 Å².